The van der Waals surface area contributed by atoms with E-state index in [1.54, 1.807) is 11.8 Å². The van der Waals surface area contributed by atoms with Crippen LogP contribution in [-0.2, 0) is 12.5 Å². The molecule has 0 spiro atoms. The minimum absolute atomic E-state index is 0.224. The number of fused-ring (bicyclic) bond motifs is 1. The SMILES string of the molecule is Cc1ncoc1-c1nnc(SCCCN2C[C@@H]3C[C@]3(c3ncccn3)C2)n1C. The first kappa shape index (κ1) is 17.8. The molecule has 0 amide bonds. The van der Waals surface area contributed by atoms with Crippen LogP contribution in [0.2, 0.25) is 0 Å². The maximum absolute atomic E-state index is 5.44. The molecule has 2 fully saturated rings. The average molecular weight is 398 g/mol. The Kier molecular flexibility index (Phi) is 4.43. The van der Waals surface area contributed by atoms with Gasteiger partial charge in [0.25, 0.3) is 0 Å². The van der Waals surface area contributed by atoms with Crippen LogP contribution < -0.4 is 0 Å². The largest absolute Gasteiger partial charge is 0.440 e. The normalized spacial score (nSPS) is 23.9. The van der Waals surface area contributed by atoms with E-state index in [0.717, 1.165) is 53.7 Å². The zero-order valence-corrected chi connectivity index (χ0v) is 16.9. The lowest BCUT2D eigenvalue weighted by Crippen LogP contribution is -2.28. The number of nitrogens with zero attached hydrogens (tertiary/aromatic N) is 7. The predicted molar refractivity (Wildman–Crippen MR) is 105 cm³/mol. The van der Waals surface area contributed by atoms with Gasteiger partial charge < -0.3 is 13.9 Å². The fourth-order valence-electron chi connectivity index (χ4n) is 4.27. The fraction of sp³-hybridized carbons (Fsp3) is 0.526. The number of aromatic nitrogens is 6. The Bertz CT molecular complexity index is 972. The van der Waals surface area contributed by atoms with Crippen molar-refractivity contribution in [2.45, 2.75) is 30.3 Å². The Morgan fingerprint density at radius 3 is 2.89 bits per heavy atom. The number of hydrogen-bond donors (Lipinski definition) is 0. The number of rotatable bonds is 7. The van der Waals surface area contributed by atoms with Gasteiger partial charge in [0.1, 0.15) is 5.82 Å². The second kappa shape index (κ2) is 6.97. The number of piperidine rings is 1. The molecule has 0 bridgehead atoms. The van der Waals surface area contributed by atoms with Crippen LogP contribution in [0.15, 0.2) is 34.4 Å². The van der Waals surface area contributed by atoms with E-state index in [4.69, 9.17) is 4.42 Å². The highest BCUT2D eigenvalue weighted by Gasteiger charge is 2.62. The zero-order chi connectivity index (χ0) is 19.1. The van der Waals surface area contributed by atoms with E-state index in [2.05, 4.69) is 30.0 Å². The van der Waals surface area contributed by atoms with Crippen LogP contribution in [0, 0.1) is 12.8 Å². The van der Waals surface area contributed by atoms with Crippen molar-refractivity contribution in [3.8, 4) is 11.6 Å². The number of oxazole rings is 1. The molecule has 3 aromatic rings. The smallest absolute Gasteiger partial charge is 0.202 e. The molecule has 146 valence electrons. The Balaban J connectivity index is 1.13. The number of thioether (sulfide) groups is 1. The monoisotopic (exact) mass is 397 g/mol. The third-order valence-electron chi connectivity index (χ3n) is 5.86. The summed E-state index contributed by atoms with van der Waals surface area (Å²) in [6.45, 7) is 5.27. The van der Waals surface area contributed by atoms with Crippen molar-refractivity contribution in [2.24, 2.45) is 13.0 Å². The third-order valence-corrected chi connectivity index (χ3v) is 6.97. The van der Waals surface area contributed by atoms with Gasteiger partial charge in [0.15, 0.2) is 17.3 Å². The molecule has 1 saturated carbocycles. The highest BCUT2D eigenvalue weighted by Crippen LogP contribution is 2.57. The summed E-state index contributed by atoms with van der Waals surface area (Å²) in [6.07, 6.45) is 7.53. The number of likely N-dealkylation sites (tertiary alicyclic amines) is 1. The fourth-order valence-corrected chi connectivity index (χ4v) is 5.10. The molecule has 2 aliphatic rings. The summed E-state index contributed by atoms with van der Waals surface area (Å²) in [5.74, 6) is 4.19. The van der Waals surface area contributed by atoms with Gasteiger partial charge in [-0.15, -0.1) is 10.2 Å². The average Bonchev–Trinajstić information content (AvgIpc) is 3.02. The van der Waals surface area contributed by atoms with Crippen LogP contribution in [0.25, 0.3) is 11.6 Å². The summed E-state index contributed by atoms with van der Waals surface area (Å²) in [6, 6.07) is 1.89. The van der Waals surface area contributed by atoms with Gasteiger partial charge in [0.05, 0.1) is 5.69 Å². The molecular formula is C19H23N7OS. The molecule has 1 aliphatic carbocycles. The van der Waals surface area contributed by atoms with Gasteiger partial charge in [-0.25, -0.2) is 15.0 Å². The van der Waals surface area contributed by atoms with E-state index < -0.39 is 0 Å². The molecule has 1 saturated heterocycles. The Labute approximate surface area is 167 Å². The van der Waals surface area contributed by atoms with Crippen LogP contribution in [0.3, 0.4) is 0 Å². The van der Waals surface area contributed by atoms with E-state index in [1.807, 2.05) is 37.0 Å². The van der Waals surface area contributed by atoms with Gasteiger partial charge in [0.2, 0.25) is 5.82 Å². The standard InChI is InChI=1S/C19H23N7OS/c1-13-15(27-12-22-13)16-23-24-18(25(16)2)28-8-4-7-26-10-14-9-19(14,11-26)17-20-5-3-6-21-17/h3,5-6,12,14H,4,7-11H2,1-2H3/t14-,19-/m0/s1. The molecule has 9 heteroatoms. The lowest BCUT2D eigenvalue weighted by atomic mass is 10.1. The van der Waals surface area contributed by atoms with Crippen molar-refractivity contribution in [3.63, 3.8) is 0 Å². The molecule has 0 radical (unpaired) electrons. The molecule has 5 rings (SSSR count). The van der Waals surface area contributed by atoms with Crippen LogP contribution in [0.5, 0.6) is 0 Å². The summed E-state index contributed by atoms with van der Waals surface area (Å²) >= 11 is 1.74. The molecule has 4 heterocycles. The molecule has 0 unspecified atom stereocenters. The van der Waals surface area contributed by atoms with Gasteiger partial charge in [-0.2, -0.15) is 0 Å². The molecule has 0 aromatic carbocycles. The van der Waals surface area contributed by atoms with Crippen molar-refractivity contribution in [2.75, 3.05) is 25.4 Å². The van der Waals surface area contributed by atoms with E-state index in [9.17, 15) is 0 Å². The molecule has 0 N–H and O–H groups in total. The van der Waals surface area contributed by atoms with E-state index >= 15 is 0 Å². The second-order valence-corrected chi connectivity index (χ2v) is 8.76. The second-order valence-electron chi connectivity index (χ2n) is 7.70. The highest BCUT2D eigenvalue weighted by molar-refractivity contribution is 7.99. The number of aryl methyl sites for hydroxylation is 1. The minimum Gasteiger partial charge on any atom is -0.440 e. The Morgan fingerprint density at radius 2 is 2.11 bits per heavy atom. The van der Waals surface area contributed by atoms with Crippen molar-refractivity contribution < 1.29 is 4.42 Å². The maximum atomic E-state index is 5.44. The predicted octanol–water partition coefficient (Wildman–Crippen LogP) is 2.32. The summed E-state index contributed by atoms with van der Waals surface area (Å²) < 4.78 is 7.41. The lowest BCUT2D eigenvalue weighted by molar-refractivity contribution is 0.297. The molecule has 2 atom stereocenters. The molecule has 1 aliphatic heterocycles. The van der Waals surface area contributed by atoms with Gasteiger partial charge in [-0.1, -0.05) is 11.8 Å². The van der Waals surface area contributed by atoms with Crippen LogP contribution >= 0.6 is 11.8 Å². The third kappa shape index (κ3) is 3.02. The van der Waals surface area contributed by atoms with Crippen LogP contribution in [0.1, 0.15) is 24.4 Å². The molecule has 8 nitrogen and oxygen atoms in total. The lowest BCUT2D eigenvalue weighted by Gasteiger charge is -2.19. The summed E-state index contributed by atoms with van der Waals surface area (Å²) in [5, 5.41) is 9.48. The first-order chi connectivity index (χ1) is 13.7. The topological polar surface area (TPSA) is 85.8 Å². The summed E-state index contributed by atoms with van der Waals surface area (Å²) in [4.78, 5) is 15.7. The van der Waals surface area contributed by atoms with Gasteiger partial charge in [-0.3, -0.25) is 0 Å². The van der Waals surface area contributed by atoms with Crippen molar-refractivity contribution in [1.82, 2.24) is 34.6 Å². The van der Waals surface area contributed by atoms with Gasteiger partial charge >= 0.3 is 0 Å². The van der Waals surface area contributed by atoms with Crippen molar-refractivity contribution in [1.29, 1.82) is 0 Å². The minimum atomic E-state index is 0.224. The van der Waals surface area contributed by atoms with Gasteiger partial charge in [-0.05, 0) is 38.3 Å². The maximum Gasteiger partial charge on any atom is 0.202 e. The highest BCUT2D eigenvalue weighted by atomic mass is 32.2. The quantitative estimate of drug-likeness (QED) is 0.444. The first-order valence-corrected chi connectivity index (χ1v) is 10.6. The van der Waals surface area contributed by atoms with Crippen molar-refractivity contribution in [3.05, 3.63) is 36.4 Å². The number of hydrogen-bond acceptors (Lipinski definition) is 8. The molecule has 3 aromatic heterocycles. The van der Waals surface area contributed by atoms with E-state index in [1.165, 1.54) is 19.4 Å². The van der Waals surface area contributed by atoms with E-state index in [0.29, 0.717) is 5.76 Å². The van der Waals surface area contributed by atoms with Crippen molar-refractivity contribution >= 4 is 11.8 Å². The first-order valence-electron chi connectivity index (χ1n) is 9.60. The summed E-state index contributed by atoms with van der Waals surface area (Å²) in [7, 11) is 1.97. The molecular weight excluding hydrogens is 374 g/mol. The Hall–Kier alpha value is -2.26. The van der Waals surface area contributed by atoms with Gasteiger partial charge in [0, 0.05) is 43.7 Å². The molecule has 28 heavy (non-hydrogen) atoms. The summed E-state index contributed by atoms with van der Waals surface area (Å²) in [5.41, 5.74) is 1.05. The van der Waals surface area contributed by atoms with Crippen LogP contribution in [0.4, 0.5) is 0 Å². The Morgan fingerprint density at radius 1 is 1.25 bits per heavy atom. The van der Waals surface area contributed by atoms with Crippen LogP contribution in [-0.4, -0.2) is 60.0 Å². The van der Waals surface area contributed by atoms with E-state index in [-0.39, 0.29) is 5.41 Å². The zero-order valence-electron chi connectivity index (χ0n) is 16.1.